The number of aromatic amines is 1. The summed E-state index contributed by atoms with van der Waals surface area (Å²) in [4.78, 5) is 19.7. The number of hydrogen-bond donors (Lipinski definition) is 4. The lowest BCUT2D eigenvalue weighted by molar-refractivity contribution is -0.130. The molecule has 0 radical (unpaired) electrons. The number of carbonyl (C=O) groups is 1. The number of pyridine rings is 1. The minimum atomic E-state index is -1.30. The predicted octanol–water partition coefficient (Wildman–Crippen LogP) is 5.09. The Morgan fingerprint density at radius 3 is 2.63 bits per heavy atom. The molecule has 7 nitrogen and oxygen atoms in total. The van der Waals surface area contributed by atoms with Crippen LogP contribution in [0.25, 0.3) is 22.2 Å². The van der Waals surface area contributed by atoms with Crippen molar-refractivity contribution in [1.29, 1.82) is 5.26 Å². The van der Waals surface area contributed by atoms with Crippen molar-refractivity contribution in [1.82, 2.24) is 15.3 Å². The standard InChI is InChI=1S/C28H24F3N5O2/c29-17-10-20-21(14-33-25(20)22(30)11-17)24-16(13-32)9-23(31)27(36-24)34-18-7-4-8-19(12-18)35-28(38)26(37)15-5-2-1-3-6-15/h1-3,5-6,9-11,14,18-19,26,33,37H,4,7-8,12H2,(H,34,36)(H,35,38)/t18-,19-,26+/m1/s1. The van der Waals surface area contributed by atoms with Gasteiger partial charge in [-0.25, -0.2) is 18.2 Å². The lowest BCUT2D eigenvalue weighted by Crippen LogP contribution is -2.43. The monoisotopic (exact) mass is 519 g/mol. The van der Waals surface area contributed by atoms with E-state index < -0.39 is 29.5 Å². The molecule has 10 heteroatoms. The minimum absolute atomic E-state index is 0.0504. The van der Waals surface area contributed by atoms with Gasteiger partial charge in [0.25, 0.3) is 5.91 Å². The average Bonchev–Trinajstić information content (AvgIpc) is 3.34. The molecule has 1 aliphatic carbocycles. The van der Waals surface area contributed by atoms with Crippen LogP contribution in [0.3, 0.4) is 0 Å². The molecule has 0 spiro atoms. The second-order valence-corrected chi connectivity index (χ2v) is 9.37. The van der Waals surface area contributed by atoms with Gasteiger partial charge in [-0.15, -0.1) is 0 Å². The van der Waals surface area contributed by atoms with E-state index in [1.807, 2.05) is 6.07 Å². The van der Waals surface area contributed by atoms with Crippen molar-refractivity contribution >= 4 is 22.6 Å². The maximum absolute atomic E-state index is 14.9. The van der Waals surface area contributed by atoms with Gasteiger partial charge in [0.05, 0.1) is 16.8 Å². The van der Waals surface area contributed by atoms with E-state index in [0.717, 1.165) is 24.6 Å². The minimum Gasteiger partial charge on any atom is -0.378 e. The molecule has 0 bridgehead atoms. The predicted molar refractivity (Wildman–Crippen MR) is 135 cm³/mol. The number of aromatic nitrogens is 2. The molecule has 194 valence electrons. The number of aliphatic hydroxyl groups excluding tert-OH is 1. The molecule has 0 saturated heterocycles. The first-order chi connectivity index (χ1) is 18.3. The van der Waals surface area contributed by atoms with Gasteiger partial charge in [-0.1, -0.05) is 30.3 Å². The normalized spacial score (nSPS) is 18.1. The number of benzene rings is 2. The summed E-state index contributed by atoms with van der Waals surface area (Å²) >= 11 is 0. The Morgan fingerprint density at radius 1 is 1.11 bits per heavy atom. The highest BCUT2D eigenvalue weighted by Crippen LogP contribution is 2.34. The van der Waals surface area contributed by atoms with Crippen LogP contribution in [0, 0.1) is 28.8 Å². The van der Waals surface area contributed by atoms with Gasteiger partial charge in [0.2, 0.25) is 0 Å². The van der Waals surface area contributed by atoms with Crippen molar-refractivity contribution in [2.24, 2.45) is 0 Å². The van der Waals surface area contributed by atoms with Gasteiger partial charge in [-0.3, -0.25) is 4.79 Å². The van der Waals surface area contributed by atoms with Gasteiger partial charge in [0.15, 0.2) is 17.7 Å². The first kappa shape index (κ1) is 25.3. The van der Waals surface area contributed by atoms with Gasteiger partial charge in [-0.05, 0) is 43.4 Å². The molecule has 1 fully saturated rings. The third-order valence-electron chi connectivity index (χ3n) is 6.78. The van der Waals surface area contributed by atoms with Crippen LogP contribution in [-0.4, -0.2) is 33.1 Å². The van der Waals surface area contributed by atoms with Crippen LogP contribution < -0.4 is 10.6 Å². The fourth-order valence-electron chi connectivity index (χ4n) is 4.94. The first-order valence-electron chi connectivity index (χ1n) is 12.2. The van der Waals surface area contributed by atoms with Crippen LogP contribution in [0.15, 0.2) is 54.7 Å². The third kappa shape index (κ3) is 5.06. The van der Waals surface area contributed by atoms with Crippen molar-refractivity contribution < 1.29 is 23.1 Å². The van der Waals surface area contributed by atoms with E-state index in [-0.39, 0.29) is 45.6 Å². The topological polar surface area (TPSA) is 114 Å². The highest BCUT2D eigenvalue weighted by Gasteiger charge is 2.27. The Kier molecular flexibility index (Phi) is 7.03. The average molecular weight is 520 g/mol. The molecule has 38 heavy (non-hydrogen) atoms. The maximum Gasteiger partial charge on any atom is 0.253 e. The molecule has 0 unspecified atom stereocenters. The summed E-state index contributed by atoms with van der Waals surface area (Å²) in [5.74, 6) is -2.94. The molecular formula is C28H24F3N5O2. The second kappa shape index (κ2) is 10.6. The van der Waals surface area contributed by atoms with Gasteiger partial charge in [0.1, 0.15) is 17.7 Å². The molecular weight excluding hydrogens is 495 g/mol. The zero-order valence-corrected chi connectivity index (χ0v) is 20.1. The smallest absolute Gasteiger partial charge is 0.253 e. The lowest BCUT2D eigenvalue weighted by Gasteiger charge is -2.31. The maximum atomic E-state index is 14.9. The molecule has 2 aromatic heterocycles. The summed E-state index contributed by atoms with van der Waals surface area (Å²) in [5.41, 5.74) is 0.807. The van der Waals surface area contributed by atoms with Crippen molar-refractivity contribution in [3.8, 4) is 17.3 Å². The summed E-state index contributed by atoms with van der Waals surface area (Å²) in [7, 11) is 0. The number of nitrogens with one attached hydrogen (secondary N) is 3. The first-order valence-corrected chi connectivity index (χ1v) is 12.2. The second-order valence-electron chi connectivity index (χ2n) is 9.37. The molecule has 1 aliphatic rings. The quantitative estimate of drug-likeness (QED) is 0.283. The number of aliphatic hydroxyl groups is 1. The Hall–Kier alpha value is -4.36. The van der Waals surface area contributed by atoms with Crippen LogP contribution in [-0.2, 0) is 4.79 Å². The zero-order chi connectivity index (χ0) is 26.8. The van der Waals surface area contributed by atoms with E-state index in [9.17, 15) is 28.3 Å². The molecule has 0 aliphatic heterocycles. The zero-order valence-electron chi connectivity index (χ0n) is 20.1. The summed E-state index contributed by atoms with van der Waals surface area (Å²) in [6.45, 7) is 0. The van der Waals surface area contributed by atoms with Gasteiger partial charge < -0.3 is 20.7 Å². The Balaban J connectivity index is 1.36. The number of nitriles is 1. The molecule has 4 aromatic rings. The number of fused-ring (bicyclic) bond motifs is 1. The molecule has 2 heterocycles. The number of anilines is 1. The Bertz CT molecular complexity index is 1530. The largest absolute Gasteiger partial charge is 0.378 e. The van der Waals surface area contributed by atoms with Gasteiger partial charge >= 0.3 is 0 Å². The molecule has 2 aromatic carbocycles. The van der Waals surface area contributed by atoms with Crippen LogP contribution in [0.4, 0.5) is 19.0 Å². The van der Waals surface area contributed by atoms with E-state index >= 15 is 0 Å². The SMILES string of the molecule is N#Cc1cc(F)c(N[C@@H]2CCC[C@@H](NC(=O)[C@@H](O)c3ccccc3)C2)nc1-c1c[nH]c2c(F)cc(F)cc12. The van der Waals surface area contributed by atoms with Crippen molar-refractivity contribution in [2.75, 3.05) is 5.32 Å². The molecule has 1 saturated carbocycles. The summed E-state index contributed by atoms with van der Waals surface area (Å²) in [5, 5.41) is 26.1. The van der Waals surface area contributed by atoms with Gasteiger partial charge in [0, 0.05) is 35.3 Å². The van der Waals surface area contributed by atoms with Crippen LogP contribution in [0.1, 0.15) is 42.9 Å². The third-order valence-corrected chi connectivity index (χ3v) is 6.78. The summed E-state index contributed by atoms with van der Waals surface area (Å²) < 4.78 is 43.1. The fourth-order valence-corrected chi connectivity index (χ4v) is 4.94. The highest BCUT2D eigenvalue weighted by molar-refractivity contribution is 5.96. The molecule has 4 N–H and O–H groups in total. The number of nitrogens with zero attached hydrogens (tertiary/aromatic N) is 2. The summed E-state index contributed by atoms with van der Waals surface area (Å²) in [6.07, 6.45) is 2.71. The van der Waals surface area contributed by atoms with E-state index in [2.05, 4.69) is 20.6 Å². The number of halogens is 3. The van der Waals surface area contributed by atoms with E-state index in [1.54, 1.807) is 30.3 Å². The lowest BCUT2D eigenvalue weighted by atomic mass is 9.90. The van der Waals surface area contributed by atoms with E-state index in [0.29, 0.717) is 24.8 Å². The van der Waals surface area contributed by atoms with Crippen molar-refractivity contribution in [2.45, 2.75) is 43.9 Å². The van der Waals surface area contributed by atoms with Crippen molar-refractivity contribution in [3.05, 3.63) is 83.3 Å². The molecule has 3 atom stereocenters. The molecule has 5 rings (SSSR count). The van der Waals surface area contributed by atoms with Crippen LogP contribution >= 0.6 is 0 Å². The number of rotatable bonds is 6. The van der Waals surface area contributed by atoms with Crippen LogP contribution in [0.2, 0.25) is 0 Å². The van der Waals surface area contributed by atoms with Crippen molar-refractivity contribution in [3.63, 3.8) is 0 Å². The molecule has 1 amide bonds. The number of carbonyl (C=O) groups excluding carboxylic acids is 1. The van der Waals surface area contributed by atoms with E-state index in [4.69, 9.17) is 0 Å². The summed E-state index contributed by atoms with van der Waals surface area (Å²) in [6, 6.07) is 12.9. The fraction of sp³-hybridized carbons (Fsp3) is 0.250. The number of H-pyrrole nitrogens is 1. The van der Waals surface area contributed by atoms with E-state index in [1.165, 1.54) is 6.20 Å². The number of hydrogen-bond acceptors (Lipinski definition) is 5. The Labute approximate surface area is 216 Å². The Morgan fingerprint density at radius 2 is 1.87 bits per heavy atom. The highest BCUT2D eigenvalue weighted by atomic mass is 19.1. The van der Waals surface area contributed by atoms with Crippen LogP contribution in [0.5, 0.6) is 0 Å². The number of amides is 1. The van der Waals surface area contributed by atoms with Gasteiger partial charge in [-0.2, -0.15) is 5.26 Å².